The second-order valence-corrected chi connectivity index (χ2v) is 4.69. The average Bonchev–Trinajstić information content (AvgIpc) is 2.34. The van der Waals surface area contributed by atoms with Crippen LogP contribution in [0.2, 0.25) is 0 Å². The van der Waals surface area contributed by atoms with E-state index in [1.54, 1.807) is 6.92 Å². The fourth-order valence-electron chi connectivity index (χ4n) is 1.27. The molecule has 110 valence electrons. The van der Waals surface area contributed by atoms with Crippen molar-refractivity contribution in [2.24, 2.45) is 11.7 Å². The van der Waals surface area contributed by atoms with Gasteiger partial charge in [-0.2, -0.15) is 0 Å². The first-order chi connectivity index (χ1) is 8.79. The van der Waals surface area contributed by atoms with Crippen LogP contribution < -0.4 is 16.4 Å². The van der Waals surface area contributed by atoms with Crippen LogP contribution in [0.1, 0.15) is 20.8 Å². The summed E-state index contributed by atoms with van der Waals surface area (Å²) in [5, 5.41) is 5.05. The number of nitrogens with two attached hydrogens (primary N) is 1. The molecule has 0 bridgehead atoms. The number of hydrogen-bond acceptors (Lipinski definition) is 4. The molecule has 0 aliphatic carbocycles. The van der Waals surface area contributed by atoms with Crippen molar-refractivity contribution in [3.8, 4) is 0 Å². The highest BCUT2D eigenvalue weighted by atomic mass is 16.2. The molecular weight excluding hydrogens is 248 g/mol. The molecule has 0 unspecified atom stereocenters. The molecule has 19 heavy (non-hydrogen) atoms. The van der Waals surface area contributed by atoms with Gasteiger partial charge in [0.05, 0.1) is 19.1 Å². The van der Waals surface area contributed by atoms with Gasteiger partial charge in [-0.15, -0.1) is 0 Å². The predicted molar refractivity (Wildman–Crippen MR) is 72.1 cm³/mol. The largest absolute Gasteiger partial charge is 0.355 e. The van der Waals surface area contributed by atoms with E-state index in [9.17, 15) is 14.4 Å². The minimum absolute atomic E-state index is 0.00293. The average molecular weight is 272 g/mol. The van der Waals surface area contributed by atoms with Crippen LogP contribution in [-0.4, -0.2) is 55.3 Å². The monoisotopic (exact) mass is 272 g/mol. The second-order valence-electron chi connectivity index (χ2n) is 4.69. The molecule has 7 heteroatoms. The van der Waals surface area contributed by atoms with Gasteiger partial charge in [-0.1, -0.05) is 13.8 Å². The van der Waals surface area contributed by atoms with Gasteiger partial charge in [0.25, 0.3) is 0 Å². The number of amides is 3. The van der Waals surface area contributed by atoms with E-state index in [0.717, 1.165) is 0 Å². The van der Waals surface area contributed by atoms with Crippen LogP contribution in [0.3, 0.4) is 0 Å². The Morgan fingerprint density at radius 3 is 2.26 bits per heavy atom. The molecular formula is C12H24N4O3. The summed E-state index contributed by atoms with van der Waals surface area (Å²) in [4.78, 5) is 35.8. The Kier molecular flexibility index (Phi) is 7.74. The Balaban J connectivity index is 4.10. The molecule has 0 aromatic rings. The lowest BCUT2D eigenvalue weighted by molar-refractivity contribution is -0.135. The van der Waals surface area contributed by atoms with Crippen molar-refractivity contribution in [3.05, 3.63) is 0 Å². The zero-order valence-electron chi connectivity index (χ0n) is 12.0. The molecule has 0 heterocycles. The summed E-state index contributed by atoms with van der Waals surface area (Å²) in [6.07, 6.45) is 0. The fourth-order valence-corrected chi connectivity index (χ4v) is 1.27. The van der Waals surface area contributed by atoms with Crippen LogP contribution in [0.4, 0.5) is 0 Å². The number of rotatable bonds is 7. The zero-order chi connectivity index (χ0) is 15.0. The topological polar surface area (TPSA) is 105 Å². The maximum absolute atomic E-state index is 11.7. The SMILES string of the molecule is CCNC(=O)CN(C)C(=O)CNC(=O)[C@@H](N)C(C)C. The highest BCUT2D eigenvalue weighted by molar-refractivity contribution is 5.89. The summed E-state index contributed by atoms with van der Waals surface area (Å²) in [5.41, 5.74) is 5.64. The van der Waals surface area contributed by atoms with E-state index < -0.39 is 6.04 Å². The number of nitrogens with zero attached hydrogens (tertiary/aromatic N) is 1. The molecule has 0 aromatic carbocycles. The van der Waals surface area contributed by atoms with Gasteiger partial charge in [-0.25, -0.2) is 0 Å². The normalized spacial score (nSPS) is 11.9. The maximum atomic E-state index is 11.7. The van der Waals surface area contributed by atoms with Crippen LogP contribution in [0, 0.1) is 5.92 Å². The number of likely N-dealkylation sites (N-methyl/N-ethyl adjacent to an activating group) is 2. The molecule has 0 aromatic heterocycles. The predicted octanol–water partition coefficient (Wildman–Crippen LogP) is -1.32. The summed E-state index contributed by atoms with van der Waals surface area (Å²) in [5.74, 6) is -0.933. The Morgan fingerprint density at radius 1 is 1.21 bits per heavy atom. The highest BCUT2D eigenvalue weighted by Crippen LogP contribution is 1.97. The molecule has 0 fully saturated rings. The van der Waals surface area contributed by atoms with Crippen molar-refractivity contribution in [1.82, 2.24) is 15.5 Å². The van der Waals surface area contributed by atoms with Crippen molar-refractivity contribution in [2.75, 3.05) is 26.7 Å². The van der Waals surface area contributed by atoms with E-state index >= 15 is 0 Å². The summed E-state index contributed by atoms with van der Waals surface area (Å²) in [7, 11) is 1.51. The van der Waals surface area contributed by atoms with E-state index in [4.69, 9.17) is 5.73 Å². The quantitative estimate of drug-likeness (QED) is 0.534. The lowest BCUT2D eigenvalue weighted by atomic mass is 10.1. The van der Waals surface area contributed by atoms with Crippen LogP contribution in [0.25, 0.3) is 0 Å². The van der Waals surface area contributed by atoms with E-state index in [2.05, 4.69) is 10.6 Å². The number of hydrogen-bond donors (Lipinski definition) is 3. The maximum Gasteiger partial charge on any atom is 0.242 e. The van der Waals surface area contributed by atoms with Crippen LogP contribution in [-0.2, 0) is 14.4 Å². The van der Waals surface area contributed by atoms with E-state index in [1.165, 1.54) is 11.9 Å². The van der Waals surface area contributed by atoms with Gasteiger partial charge >= 0.3 is 0 Å². The molecule has 0 saturated carbocycles. The highest BCUT2D eigenvalue weighted by Gasteiger charge is 2.19. The summed E-state index contributed by atoms with van der Waals surface area (Å²) in [6, 6.07) is -0.638. The molecule has 3 amide bonds. The fraction of sp³-hybridized carbons (Fsp3) is 0.750. The van der Waals surface area contributed by atoms with Crippen molar-refractivity contribution in [2.45, 2.75) is 26.8 Å². The second kappa shape index (κ2) is 8.47. The number of carbonyl (C=O) groups is 3. The van der Waals surface area contributed by atoms with Crippen molar-refractivity contribution >= 4 is 17.7 Å². The third-order valence-electron chi connectivity index (χ3n) is 2.62. The first kappa shape index (κ1) is 17.4. The van der Waals surface area contributed by atoms with Gasteiger partial charge in [0, 0.05) is 13.6 Å². The van der Waals surface area contributed by atoms with Crippen LogP contribution in [0.15, 0.2) is 0 Å². The Hall–Kier alpha value is -1.63. The van der Waals surface area contributed by atoms with Crippen LogP contribution in [0.5, 0.6) is 0 Å². The van der Waals surface area contributed by atoms with Gasteiger partial charge in [0.15, 0.2) is 0 Å². The lowest BCUT2D eigenvalue weighted by Crippen LogP contribution is -2.48. The molecule has 0 saturated heterocycles. The standard InChI is InChI=1S/C12H24N4O3/c1-5-14-9(17)7-16(4)10(18)6-15-12(19)11(13)8(2)3/h8,11H,5-7,13H2,1-4H3,(H,14,17)(H,15,19)/t11-/m0/s1. The van der Waals surface area contributed by atoms with Gasteiger partial charge in [0.1, 0.15) is 0 Å². The number of carbonyl (C=O) groups excluding carboxylic acids is 3. The smallest absolute Gasteiger partial charge is 0.242 e. The van der Waals surface area contributed by atoms with E-state index in [1.807, 2.05) is 13.8 Å². The van der Waals surface area contributed by atoms with Gasteiger partial charge in [0.2, 0.25) is 17.7 Å². The van der Waals surface area contributed by atoms with Crippen molar-refractivity contribution < 1.29 is 14.4 Å². The zero-order valence-corrected chi connectivity index (χ0v) is 12.0. The molecule has 1 atom stereocenters. The summed E-state index contributed by atoms with van der Waals surface area (Å²) in [6.45, 7) is 5.78. The summed E-state index contributed by atoms with van der Waals surface area (Å²) < 4.78 is 0. The van der Waals surface area contributed by atoms with E-state index in [-0.39, 0.29) is 36.7 Å². The first-order valence-corrected chi connectivity index (χ1v) is 6.33. The van der Waals surface area contributed by atoms with Crippen LogP contribution >= 0.6 is 0 Å². The minimum atomic E-state index is -0.638. The Morgan fingerprint density at radius 2 is 1.79 bits per heavy atom. The molecule has 4 N–H and O–H groups in total. The molecule has 0 radical (unpaired) electrons. The van der Waals surface area contributed by atoms with Crippen molar-refractivity contribution in [3.63, 3.8) is 0 Å². The van der Waals surface area contributed by atoms with Crippen molar-refractivity contribution in [1.29, 1.82) is 0 Å². The molecule has 0 rings (SSSR count). The number of nitrogens with one attached hydrogen (secondary N) is 2. The van der Waals surface area contributed by atoms with Gasteiger partial charge < -0.3 is 21.3 Å². The lowest BCUT2D eigenvalue weighted by Gasteiger charge is -2.19. The third kappa shape index (κ3) is 6.76. The third-order valence-corrected chi connectivity index (χ3v) is 2.62. The Bertz CT molecular complexity index is 331. The molecule has 0 aliphatic heterocycles. The molecule has 0 aliphatic rings. The van der Waals surface area contributed by atoms with Gasteiger partial charge in [-0.3, -0.25) is 14.4 Å². The first-order valence-electron chi connectivity index (χ1n) is 6.33. The molecule has 7 nitrogen and oxygen atoms in total. The minimum Gasteiger partial charge on any atom is -0.355 e. The van der Waals surface area contributed by atoms with Gasteiger partial charge in [-0.05, 0) is 12.8 Å². The Labute approximate surface area is 113 Å². The molecule has 0 spiro atoms. The van der Waals surface area contributed by atoms with E-state index in [0.29, 0.717) is 6.54 Å². The summed E-state index contributed by atoms with van der Waals surface area (Å²) >= 11 is 0.